The van der Waals surface area contributed by atoms with E-state index < -0.39 is 0 Å². The van der Waals surface area contributed by atoms with E-state index >= 15 is 0 Å². The lowest BCUT2D eigenvalue weighted by Crippen LogP contribution is -2.25. The molecule has 1 amide bonds. The van der Waals surface area contributed by atoms with Crippen molar-refractivity contribution in [3.63, 3.8) is 0 Å². The van der Waals surface area contributed by atoms with Gasteiger partial charge in [-0.25, -0.2) is 0 Å². The number of carbonyl (C=O) groups excluding carboxylic acids is 1. The second-order valence-electron chi connectivity index (χ2n) is 4.72. The van der Waals surface area contributed by atoms with Crippen LogP contribution in [0.1, 0.15) is 34.4 Å². The first-order valence-corrected chi connectivity index (χ1v) is 6.50. The molecule has 1 heterocycles. The third-order valence-corrected chi connectivity index (χ3v) is 3.14. The summed E-state index contributed by atoms with van der Waals surface area (Å²) in [5.41, 5.74) is 1.95. The molecule has 0 aliphatic carbocycles. The highest BCUT2D eigenvalue weighted by Gasteiger charge is 2.13. The number of carbonyl (C=O) groups is 1. The molecule has 0 N–H and O–H groups in total. The van der Waals surface area contributed by atoms with Gasteiger partial charge in [0, 0.05) is 12.6 Å². The quantitative estimate of drug-likeness (QED) is 0.840. The zero-order valence-electron chi connectivity index (χ0n) is 11.6. The van der Waals surface area contributed by atoms with E-state index in [0.29, 0.717) is 12.1 Å². The van der Waals surface area contributed by atoms with E-state index in [2.05, 4.69) is 6.92 Å². The maximum absolute atomic E-state index is 12.2. The Labute approximate surface area is 113 Å². The second kappa shape index (κ2) is 5.74. The van der Waals surface area contributed by atoms with Crippen LogP contribution in [0.3, 0.4) is 0 Å². The molecule has 100 valence electrons. The molecule has 19 heavy (non-hydrogen) atoms. The molecule has 0 bridgehead atoms. The number of furan rings is 1. The van der Waals surface area contributed by atoms with Gasteiger partial charge in [0.05, 0.1) is 6.54 Å². The van der Waals surface area contributed by atoms with E-state index in [9.17, 15) is 4.79 Å². The zero-order valence-corrected chi connectivity index (χ0v) is 11.6. The zero-order chi connectivity index (χ0) is 13.8. The van der Waals surface area contributed by atoms with Gasteiger partial charge in [-0.15, -0.1) is 0 Å². The maximum Gasteiger partial charge on any atom is 0.254 e. The van der Waals surface area contributed by atoms with Gasteiger partial charge < -0.3 is 9.32 Å². The Hall–Kier alpha value is -2.03. The molecule has 1 aromatic heterocycles. The average Bonchev–Trinajstić information content (AvgIpc) is 2.83. The summed E-state index contributed by atoms with van der Waals surface area (Å²) in [4.78, 5) is 13.9. The van der Waals surface area contributed by atoms with Crippen LogP contribution in [-0.4, -0.2) is 17.9 Å². The molecule has 0 saturated heterocycles. The van der Waals surface area contributed by atoms with Gasteiger partial charge in [-0.3, -0.25) is 4.79 Å². The first-order chi connectivity index (χ1) is 9.10. The molecule has 0 radical (unpaired) electrons. The van der Waals surface area contributed by atoms with Crippen LogP contribution in [0.25, 0.3) is 0 Å². The van der Waals surface area contributed by atoms with Gasteiger partial charge in [-0.05, 0) is 43.2 Å². The molecular formula is C16H19NO2. The van der Waals surface area contributed by atoms with E-state index in [-0.39, 0.29) is 5.91 Å². The molecule has 0 spiro atoms. The summed E-state index contributed by atoms with van der Waals surface area (Å²) in [7, 11) is 1.79. The molecule has 1 aromatic carbocycles. The van der Waals surface area contributed by atoms with Gasteiger partial charge in [-0.1, -0.05) is 19.1 Å². The van der Waals surface area contributed by atoms with Gasteiger partial charge in [0.2, 0.25) is 0 Å². The van der Waals surface area contributed by atoms with Gasteiger partial charge >= 0.3 is 0 Å². The summed E-state index contributed by atoms with van der Waals surface area (Å²) >= 11 is 0. The molecular weight excluding hydrogens is 238 g/mol. The summed E-state index contributed by atoms with van der Waals surface area (Å²) in [6.07, 6.45) is 0.982. The van der Waals surface area contributed by atoms with Crippen molar-refractivity contribution in [2.75, 3.05) is 7.05 Å². The molecule has 2 rings (SSSR count). The molecule has 3 nitrogen and oxygen atoms in total. The van der Waals surface area contributed by atoms with E-state index in [1.165, 1.54) is 5.56 Å². The molecule has 3 heteroatoms. The Balaban J connectivity index is 2.05. The standard InChI is InChI=1S/C16H19NO2/c1-4-13-6-8-14(9-7-13)16(18)17(3)11-15-10-5-12(2)19-15/h5-10H,4,11H2,1-3H3. The van der Waals surface area contributed by atoms with Gasteiger partial charge in [0.25, 0.3) is 5.91 Å². The van der Waals surface area contributed by atoms with Crippen molar-refractivity contribution >= 4 is 5.91 Å². The fourth-order valence-electron chi connectivity index (χ4n) is 1.98. The smallest absolute Gasteiger partial charge is 0.254 e. The minimum absolute atomic E-state index is 0.0108. The van der Waals surface area contributed by atoms with Gasteiger partial charge in [0.15, 0.2) is 0 Å². The number of hydrogen-bond acceptors (Lipinski definition) is 2. The van der Waals surface area contributed by atoms with Crippen LogP contribution in [0.4, 0.5) is 0 Å². The fourth-order valence-corrected chi connectivity index (χ4v) is 1.98. The molecule has 0 aliphatic heterocycles. The topological polar surface area (TPSA) is 33.5 Å². The molecule has 0 unspecified atom stereocenters. The fraction of sp³-hybridized carbons (Fsp3) is 0.312. The monoisotopic (exact) mass is 257 g/mol. The Kier molecular flexibility index (Phi) is 4.05. The van der Waals surface area contributed by atoms with Crippen LogP contribution in [-0.2, 0) is 13.0 Å². The predicted molar refractivity (Wildman–Crippen MR) is 75.1 cm³/mol. The summed E-state index contributed by atoms with van der Waals surface area (Å²) in [6, 6.07) is 11.6. The first kappa shape index (κ1) is 13.4. The molecule has 0 saturated carbocycles. The highest BCUT2D eigenvalue weighted by molar-refractivity contribution is 5.94. The summed E-state index contributed by atoms with van der Waals surface area (Å²) in [5.74, 6) is 1.68. The highest BCUT2D eigenvalue weighted by Crippen LogP contribution is 2.12. The Bertz CT molecular complexity index is 554. The minimum atomic E-state index is 0.0108. The van der Waals surface area contributed by atoms with Crippen LogP contribution >= 0.6 is 0 Å². The lowest BCUT2D eigenvalue weighted by atomic mass is 10.1. The lowest BCUT2D eigenvalue weighted by Gasteiger charge is -2.16. The van der Waals surface area contributed by atoms with Crippen molar-refractivity contribution in [3.05, 3.63) is 59.0 Å². The van der Waals surface area contributed by atoms with Crippen molar-refractivity contribution in [1.29, 1.82) is 0 Å². The number of benzene rings is 1. The average molecular weight is 257 g/mol. The first-order valence-electron chi connectivity index (χ1n) is 6.50. The third kappa shape index (κ3) is 3.25. The molecule has 0 atom stereocenters. The molecule has 0 aliphatic rings. The third-order valence-electron chi connectivity index (χ3n) is 3.14. The van der Waals surface area contributed by atoms with Crippen LogP contribution in [0, 0.1) is 6.92 Å². The maximum atomic E-state index is 12.2. The Morgan fingerprint density at radius 1 is 1.16 bits per heavy atom. The Morgan fingerprint density at radius 2 is 1.84 bits per heavy atom. The number of amides is 1. The highest BCUT2D eigenvalue weighted by atomic mass is 16.3. The molecule has 0 fully saturated rings. The number of nitrogens with zero attached hydrogens (tertiary/aromatic N) is 1. The largest absolute Gasteiger partial charge is 0.464 e. The van der Waals surface area contributed by atoms with E-state index in [0.717, 1.165) is 17.9 Å². The van der Waals surface area contributed by atoms with Crippen LogP contribution in [0.15, 0.2) is 40.8 Å². The number of rotatable bonds is 4. The summed E-state index contributed by atoms with van der Waals surface area (Å²) < 4.78 is 5.48. The number of aryl methyl sites for hydroxylation is 2. The lowest BCUT2D eigenvalue weighted by molar-refractivity contribution is 0.0775. The Morgan fingerprint density at radius 3 is 2.37 bits per heavy atom. The number of hydrogen-bond donors (Lipinski definition) is 0. The SMILES string of the molecule is CCc1ccc(C(=O)N(C)Cc2ccc(C)o2)cc1. The second-order valence-corrected chi connectivity index (χ2v) is 4.72. The summed E-state index contributed by atoms with van der Waals surface area (Å²) in [6.45, 7) is 4.49. The van der Waals surface area contributed by atoms with Crippen molar-refractivity contribution in [1.82, 2.24) is 4.90 Å². The van der Waals surface area contributed by atoms with E-state index in [4.69, 9.17) is 4.42 Å². The van der Waals surface area contributed by atoms with Crippen molar-refractivity contribution in [2.24, 2.45) is 0 Å². The van der Waals surface area contributed by atoms with Crippen molar-refractivity contribution in [3.8, 4) is 0 Å². The minimum Gasteiger partial charge on any atom is -0.464 e. The van der Waals surface area contributed by atoms with Gasteiger partial charge in [-0.2, -0.15) is 0 Å². The predicted octanol–water partition coefficient (Wildman–Crippen LogP) is 3.42. The van der Waals surface area contributed by atoms with Crippen molar-refractivity contribution in [2.45, 2.75) is 26.8 Å². The van der Waals surface area contributed by atoms with Gasteiger partial charge in [0.1, 0.15) is 11.5 Å². The summed E-state index contributed by atoms with van der Waals surface area (Å²) in [5, 5.41) is 0. The van der Waals surface area contributed by atoms with Crippen LogP contribution in [0.2, 0.25) is 0 Å². The molecule has 2 aromatic rings. The van der Waals surface area contributed by atoms with E-state index in [1.54, 1.807) is 11.9 Å². The van der Waals surface area contributed by atoms with E-state index in [1.807, 2.05) is 43.3 Å². The van der Waals surface area contributed by atoms with Crippen LogP contribution < -0.4 is 0 Å². The van der Waals surface area contributed by atoms with Crippen molar-refractivity contribution < 1.29 is 9.21 Å². The van der Waals surface area contributed by atoms with Crippen LogP contribution in [0.5, 0.6) is 0 Å². The normalized spacial score (nSPS) is 10.5.